The number of carbonyl (C=O) groups excluding carboxylic acids is 2. The number of carbonyl (C=O) groups is 2. The Labute approximate surface area is 211 Å². The minimum Gasteiger partial charge on any atom is -0.324 e. The first kappa shape index (κ1) is 23.8. The monoisotopic (exact) mass is 530 g/mol. The van der Waals surface area contributed by atoms with Gasteiger partial charge in [-0.15, -0.1) is 11.8 Å². The van der Waals surface area contributed by atoms with Crippen LogP contribution in [0.5, 0.6) is 0 Å². The summed E-state index contributed by atoms with van der Waals surface area (Å²) in [6, 6.07) is 32.2. The first-order valence-corrected chi connectivity index (χ1v) is 12.4. The Balaban J connectivity index is 1.49. The van der Waals surface area contributed by atoms with Crippen molar-refractivity contribution in [2.24, 2.45) is 0 Å². The van der Waals surface area contributed by atoms with Crippen LogP contribution in [0.3, 0.4) is 0 Å². The second-order valence-electron chi connectivity index (χ2n) is 7.73. The molecule has 0 aliphatic heterocycles. The minimum absolute atomic E-state index is 0.111. The summed E-state index contributed by atoms with van der Waals surface area (Å²) < 4.78 is 0.828. The standard InChI is InChI=1S/C28H23BrN2O2S/c1-19-8-7-11-21(18-19)27(32)30-22-14-16-23(17-15-22)34-26(20-9-3-2-4-10-20)28(33)31-25-13-6-5-12-24(25)29/h2-18,26H,1H3,(H,30,32)(H,31,33). The number of hydrogen-bond donors (Lipinski definition) is 2. The van der Waals surface area contributed by atoms with Crippen molar-refractivity contribution in [3.63, 3.8) is 0 Å². The quantitative estimate of drug-likeness (QED) is 0.243. The van der Waals surface area contributed by atoms with Crippen LogP contribution < -0.4 is 10.6 Å². The van der Waals surface area contributed by atoms with Gasteiger partial charge in [0.05, 0.1) is 5.69 Å². The van der Waals surface area contributed by atoms with Crippen LogP contribution in [0.1, 0.15) is 26.7 Å². The topological polar surface area (TPSA) is 58.2 Å². The SMILES string of the molecule is Cc1cccc(C(=O)Nc2ccc(SC(C(=O)Nc3ccccc3Br)c3ccccc3)cc2)c1. The molecule has 34 heavy (non-hydrogen) atoms. The fourth-order valence-electron chi connectivity index (χ4n) is 3.40. The lowest BCUT2D eigenvalue weighted by Gasteiger charge is -2.18. The average molecular weight is 531 g/mol. The van der Waals surface area contributed by atoms with E-state index in [9.17, 15) is 9.59 Å². The Morgan fingerprint density at radius 2 is 1.50 bits per heavy atom. The third-order valence-electron chi connectivity index (χ3n) is 5.12. The molecule has 0 bridgehead atoms. The molecule has 1 unspecified atom stereocenters. The highest BCUT2D eigenvalue weighted by Crippen LogP contribution is 2.37. The van der Waals surface area contributed by atoms with Crippen LogP contribution in [-0.4, -0.2) is 11.8 Å². The Kier molecular flexibility index (Phi) is 7.83. The van der Waals surface area contributed by atoms with Crippen LogP contribution in [-0.2, 0) is 4.79 Å². The van der Waals surface area contributed by atoms with Gasteiger partial charge in [-0.1, -0.05) is 60.2 Å². The number of aryl methyl sites for hydroxylation is 1. The van der Waals surface area contributed by atoms with Crippen LogP contribution in [0, 0.1) is 6.92 Å². The predicted molar refractivity (Wildman–Crippen MR) is 143 cm³/mol. The summed E-state index contributed by atoms with van der Waals surface area (Å²) in [4.78, 5) is 26.7. The molecular formula is C28H23BrN2O2S. The van der Waals surface area contributed by atoms with Gasteiger partial charge in [-0.3, -0.25) is 9.59 Å². The van der Waals surface area contributed by atoms with Crippen molar-refractivity contribution in [3.8, 4) is 0 Å². The van der Waals surface area contributed by atoms with Gasteiger partial charge in [0.25, 0.3) is 5.91 Å². The van der Waals surface area contributed by atoms with Gasteiger partial charge in [-0.25, -0.2) is 0 Å². The van der Waals surface area contributed by atoms with E-state index in [1.807, 2.05) is 104 Å². The molecule has 0 radical (unpaired) electrons. The van der Waals surface area contributed by atoms with E-state index in [1.165, 1.54) is 11.8 Å². The van der Waals surface area contributed by atoms with Gasteiger partial charge in [0, 0.05) is 20.6 Å². The molecule has 0 aliphatic carbocycles. The average Bonchev–Trinajstić information content (AvgIpc) is 2.85. The van der Waals surface area contributed by atoms with E-state index in [0.29, 0.717) is 11.3 Å². The predicted octanol–water partition coefficient (Wildman–Crippen LogP) is 7.48. The van der Waals surface area contributed by atoms with Crippen LogP contribution in [0.25, 0.3) is 0 Å². The highest BCUT2D eigenvalue weighted by molar-refractivity contribution is 9.10. The first-order chi connectivity index (χ1) is 16.5. The third-order valence-corrected chi connectivity index (χ3v) is 7.08. The molecule has 0 saturated carbocycles. The van der Waals surface area contributed by atoms with Gasteiger partial charge in [0.2, 0.25) is 5.91 Å². The maximum absolute atomic E-state index is 13.3. The van der Waals surface area contributed by atoms with E-state index in [-0.39, 0.29) is 11.8 Å². The number of rotatable bonds is 7. The highest BCUT2D eigenvalue weighted by Gasteiger charge is 2.23. The van der Waals surface area contributed by atoms with Crippen LogP contribution in [0.15, 0.2) is 112 Å². The first-order valence-electron chi connectivity index (χ1n) is 10.7. The van der Waals surface area contributed by atoms with Gasteiger partial charge in [-0.2, -0.15) is 0 Å². The number of halogens is 1. The van der Waals surface area contributed by atoms with Crippen molar-refractivity contribution in [2.45, 2.75) is 17.1 Å². The number of nitrogens with one attached hydrogen (secondary N) is 2. The van der Waals surface area contributed by atoms with Gasteiger partial charge in [-0.05, 0) is 76.9 Å². The van der Waals surface area contributed by atoms with Crippen molar-refractivity contribution in [3.05, 3.63) is 124 Å². The second kappa shape index (κ2) is 11.2. The Hall–Kier alpha value is -3.35. The molecule has 0 aliphatic rings. The molecular weight excluding hydrogens is 508 g/mol. The van der Waals surface area contributed by atoms with E-state index in [1.54, 1.807) is 6.07 Å². The van der Waals surface area contributed by atoms with Gasteiger partial charge >= 0.3 is 0 Å². The van der Waals surface area contributed by atoms with E-state index in [4.69, 9.17) is 0 Å². The smallest absolute Gasteiger partial charge is 0.255 e. The molecule has 0 heterocycles. The Bertz CT molecular complexity index is 1290. The van der Waals surface area contributed by atoms with Gasteiger partial charge in [0.15, 0.2) is 0 Å². The fraction of sp³-hybridized carbons (Fsp3) is 0.0714. The maximum atomic E-state index is 13.3. The lowest BCUT2D eigenvalue weighted by molar-refractivity contribution is -0.115. The molecule has 2 amide bonds. The van der Waals surface area contributed by atoms with Crippen molar-refractivity contribution < 1.29 is 9.59 Å². The van der Waals surface area contributed by atoms with Crippen molar-refractivity contribution in [1.29, 1.82) is 0 Å². The molecule has 0 saturated heterocycles. The zero-order valence-electron chi connectivity index (χ0n) is 18.5. The van der Waals surface area contributed by atoms with E-state index in [2.05, 4.69) is 26.6 Å². The summed E-state index contributed by atoms with van der Waals surface area (Å²) in [6.07, 6.45) is 0. The van der Waals surface area contributed by atoms with E-state index in [0.717, 1.165) is 26.2 Å². The zero-order chi connectivity index (χ0) is 23.9. The molecule has 0 aromatic heterocycles. The summed E-state index contributed by atoms with van der Waals surface area (Å²) in [5.41, 5.74) is 3.99. The minimum atomic E-state index is -0.443. The maximum Gasteiger partial charge on any atom is 0.255 e. The summed E-state index contributed by atoms with van der Waals surface area (Å²) >= 11 is 4.95. The molecule has 4 nitrogen and oxygen atoms in total. The molecule has 4 aromatic rings. The van der Waals surface area contributed by atoms with Crippen molar-refractivity contribution >= 4 is 50.9 Å². The molecule has 1 atom stereocenters. The second-order valence-corrected chi connectivity index (χ2v) is 9.76. The van der Waals surface area contributed by atoms with Crippen molar-refractivity contribution in [1.82, 2.24) is 0 Å². The number of thioether (sulfide) groups is 1. The number of amides is 2. The largest absolute Gasteiger partial charge is 0.324 e. The summed E-state index contributed by atoms with van der Waals surface area (Å²) in [5.74, 6) is -0.265. The normalized spacial score (nSPS) is 11.5. The van der Waals surface area contributed by atoms with E-state index >= 15 is 0 Å². The molecule has 0 fully saturated rings. The number of anilines is 2. The zero-order valence-corrected chi connectivity index (χ0v) is 20.9. The molecule has 6 heteroatoms. The van der Waals surface area contributed by atoms with Gasteiger partial charge < -0.3 is 10.6 Å². The number of benzene rings is 4. The number of hydrogen-bond acceptors (Lipinski definition) is 3. The van der Waals surface area contributed by atoms with Gasteiger partial charge in [0.1, 0.15) is 5.25 Å². The Morgan fingerprint density at radius 1 is 0.794 bits per heavy atom. The molecule has 0 spiro atoms. The summed E-state index contributed by atoms with van der Waals surface area (Å²) in [7, 11) is 0. The molecule has 4 rings (SSSR count). The fourth-order valence-corrected chi connectivity index (χ4v) is 4.81. The molecule has 170 valence electrons. The van der Waals surface area contributed by atoms with Crippen molar-refractivity contribution in [2.75, 3.05) is 10.6 Å². The van der Waals surface area contributed by atoms with Crippen LogP contribution in [0.2, 0.25) is 0 Å². The van der Waals surface area contributed by atoms with Crippen LogP contribution in [0.4, 0.5) is 11.4 Å². The molecule has 4 aromatic carbocycles. The lowest BCUT2D eigenvalue weighted by atomic mass is 10.1. The summed E-state index contributed by atoms with van der Waals surface area (Å²) in [5, 5.41) is 5.51. The number of para-hydroxylation sites is 1. The third kappa shape index (κ3) is 6.16. The Morgan fingerprint density at radius 3 is 2.21 bits per heavy atom. The highest BCUT2D eigenvalue weighted by atomic mass is 79.9. The summed E-state index contributed by atoms with van der Waals surface area (Å²) in [6.45, 7) is 1.96. The van der Waals surface area contributed by atoms with E-state index < -0.39 is 5.25 Å². The van der Waals surface area contributed by atoms with Crippen LogP contribution >= 0.6 is 27.7 Å². The lowest BCUT2D eigenvalue weighted by Crippen LogP contribution is -2.19. The molecule has 2 N–H and O–H groups in total.